The summed E-state index contributed by atoms with van der Waals surface area (Å²) in [4.78, 5) is 12.6. The lowest BCUT2D eigenvalue weighted by Gasteiger charge is -2.29. The Kier molecular flexibility index (Phi) is 7.85. The van der Waals surface area contributed by atoms with Gasteiger partial charge < -0.3 is 20.1 Å². The molecule has 0 radical (unpaired) electrons. The number of carboxylic acid groups (broad SMARTS) is 1. The maximum Gasteiger partial charge on any atom is 0.341 e. The predicted octanol–water partition coefficient (Wildman–Crippen LogP) is 3.55. The van der Waals surface area contributed by atoms with Crippen molar-refractivity contribution in [2.75, 3.05) is 37.7 Å². The first kappa shape index (κ1) is 19.4. The Morgan fingerprint density at radius 3 is 2.40 bits per heavy atom. The smallest absolute Gasteiger partial charge is 0.341 e. The number of halogens is 2. The summed E-state index contributed by atoms with van der Waals surface area (Å²) < 4.78 is 4.86. The summed E-state index contributed by atoms with van der Waals surface area (Å²) >= 11 is 11.3. The molecule has 1 aliphatic rings. The summed E-state index contributed by atoms with van der Waals surface area (Å²) in [5, 5.41) is 12.4. The molecule has 3 rings (SSSR count). The first-order chi connectivity index (χ1) is 12.1. The Hall–Kier alpha value is -1.95. The molecule has 2 aromatic carbocycles. The molecule has 134 valence electrons. The van der Waals surface area contributed by atoms with Crippen LogP contribution in [0.4, 0.5) is 5.69 Å². The number of benzene rings is 2. The molecule has 1 aliphatic heterocycles. The average molecular weight is 383 g/mol. The lowest BCUT2D eigenvalue weighted by Crippen LogP contribution is -2.43. The molecule has 1 heterocycles. The molecule has 7 heteroatoms. The Balaban J connectivity index is 0.000000181. The Morgan fingerprint density at radius 1 is 1.12 bits per heavy atom. The molecule has 0 bridgehead atoms. The predicted molar refractivity (Wildman–Crippen MR) is 101 cm³/mol. The van der Waals surface area contributed by atoms with Gasteiger partial charge in [0, 0.05) is 36.9 Å². The largest absolute Gasteiger partial charge is 0.480 e. The topological polar surface area (TPSA) is 61.8 Å². The zero-order valence-corrected chi connectivity index (χ0v) is 15.1. The number of nitrogens with one attached hydrogen (secondary N) is 1. The van der Waals surface area contributed by atoms with E-state index >= 15 is 0 Å². The number of rotatable bonds is 4. The summed E-state index contributed by atoms with van der Waals surface area (Å²) in [6.45, 7) is 4.05. The van der Waals surface area contributed by atoms with Crippen molar-refractivity contribution in [3.8, 4) is 5.75 Å². The summed E-state index contributed by atoms with van der Waals surface area (Å²) in [5.74, 6) is -0.737. The van der Waals surface area contributed by atoms with Crippen LogP contribution in [0.15, 0.2) is 48.5 Å². The van der Waals surface area contributed by atoms with Gasteiger partial charge in [0.15, 0.2) is 6.61 Å². The quantitative estimate of drug-likeness (QED) is 0.846. The maximum absolute atomic E-state index is 10.2. The Bertz CT molecular complexity index is 677. The van der Waals surface area contributed by atoms with Crippen LogP contribution in [-0.2, 0) is 4.79 Å². The van der Waals surface area contributed by atoms with Gasteiger partial charge >= 0.3 is 5.97 Å². The van der Waals surface area contributed by atoms with Crippen molar-refractivity contribution in [2.24, 2.45) is 0 Å². The van der Waals surface area contributed by atoms with E-state index in [2.05, 4.69) is 40.5 Å². The van der Waals surface area contributed by atoms with Crippen molar-refractivity contribution in [3.05, 3.63) is 58.6 Å². The van der Waals surface area contributed by atoms with Gasteiger partial charge in [0.25, 0.3) is 0 Å². The van der Waals surface area contributed by atoms with Gasteiger partial charge in [-0.25, -0.2) is 4.79 Å². The highest BCUT2D eigenvalue weighted by atomic mass is 35.5. The number of piperazine rings is 1. The van der Waals surface area contributed by atoms with Gasteiger partial charge in [-0.3, -0.25) is 0 Å². The van der Waals surface area contributed by atoms with E-state index in [-0.39, 0.29) is 0 Å². The minimum absolute atomic E-state index is 0.300. The Labute approximate surface area is 157 Å². The number of ether oxygens (including phenoxy) is 1. The van der Waals surface area contributed by atoms with Crippen LogP contribution in [0.5, 0.6) is 5.75 Å². The van der Waals surface area contributed by atoms with Crippen molar-refractivity contribution in [2.45, 2.75) is 0 Å². The second kappa shape index (κ2) is 10.1. The van der Waals surface area contributed by atoms with Crippen LogP contribution in [0.2, 0.25) is 10.0 Å². The van der Waals surface area contributed by atoms with Gasteiger partial charge in [-0.05, 0) is 30.3 Å². The number of carboxylic acids is 1. The molecule has 25 heavy (non-hydrogen) atoms. The first-order valence-electron chi connectivity index (χ1n) is 7.86. The van der Waals surface area contributed by atoms with Crippen LogP contribution in [0.1, 0.15) is 0 Å². The van der Waals surface area contributed by atoms with E-state index in [0.717, 1.165) is 26.2 Å². The van der Waals surface area contributed by atoms with Crippen LogP contribution in [-0.4, -0.2) is 43.9 Å². The standard InChI is InChI=1S/C10H14N2.C8H6Cl2O3/c1-2-4-10(5-3-1)12-8-6-11-7-9-12;9-5-1-2-7(6(10)3-5)13-4-8(11)12/h1-5,11H,6-9H2;1-3H,4H2,(H,11,12). The minimum atomic E-state index is -1.05. The van der Waals surface area contributed by atoms with Gasteiger partial charge in [0.05, 0.1) is 5.02 Å². The number of hydrogen-bond acceptors (Lipinski definition) is 4. The van der Waals surface area contributed by atoms with E-state index in [4.69, 9.17) is 33.0 Å². The molecular formula is C18H20Cl2N2O3. The third-order valence-corrected chi connectivity index (χ3v) is 4.01. The van der Waals surface area contributed by atoms with Crippen LogP contribution >= 0.6 is 23.2 Å². The monoisotopic (exact) mass is 382 g/mol. The molecule has 1 saturated heterocycles. The lowest BCUT2D eigenvalue weighted by molar-refractivity contribution is -0.139. The fourth-order valence-electron chi connectivity index (χ4n) is 2.29. The summed E-state index contributed by atoms with van der Waals surface area (Å²) in [7, 11) is 0. The molecule has 0 aliphatic carbocycles. The van der Waals surface area contributed by atoms with Crippen molar-refractivity contribution in [1.82, 2.24) is 5.32 Å². The molecule has 1 fully saturated rings. The SMILES string of the molecule is O=C(O)COc1ccc(Cl)cc1Cl.c1ccc(N2CCNCC2)cc1. The second-order valence-electron chi connectivity index (χ2n) is 5.33. The molecule has 0 aromatic heterocycles. The van der Waals surface area contributed by atoms with E-state index in [1.54, 1.807) is 6.07 Å². The highest BCUT2D eigenvalue weighted by Gasteiger charge is 2.08. The van der Waals surface area contributed by atoms with Crippen LogP contribution in [0.25, 0.3) is 0 Å². The zero-order chi connectivity index (χ0) is 18.1. The first-order valence-corrected chi connectivity index (χ1v) is 8.62. The maximum atomic E-state index is 10.2. The van der Waals surface area contributed by atoms with Crippen molar-refractivity contribution in [1.29, 1.82) is 0 Å². The minimum Gasteiger partial charge on any atom is -0.480 e. The summed E-state index contributed by atoms with van der Waals surface area (Å²) in [6, 6.07) is 15.2. The van der Waals surface area contributed by atoms with E-state index in [1.165, 1.54) is 17.8 Å². The lowest BCUT2D eigenvalue weighted by atomic mass is 10.2. The molecule has 0 unspecified atom stereocenters. The second-order valence-corrected chi connectivity index (χ2v) is 6.17. The third kappa shape index (κ3) is 6.82. The number of hydrogen-bond donors (Lipinski definition) is 2. The highest BCUT2D eigenvalue weighted by molar-refractivity contribution is 6.35. The van der Waals surface area contributed by atoms with Gasteiger partial charge in [-0.15, -0.1) is 0 Å². The molecule has 0 spiro atoms. The third-order valence-electron chi connectivity index (χ3n) is 3.48. The zero-order valence-electron chi connectivity index (χ0n) is 13.6. The number of carbonyl (C=O) groups is 1. The summed E-state index contributed by atoms with van der Waals surface area (Å²) in [5.41, 5.74) is 1.35. The number of nitrogens with zero attached hydrogens (tertiary/aromatic N) is 1. The van der Waals surface area contributed by atoms with Crippen LogP contribution < -0.4 is 15.0 Å². The van der Waals surface area contributed by atoms with E-state index < -0.39 is 12.6 Å². The van der Waals surface area contributed by atoms with Gasteiger partial charge in [0.2, 0.25) is 0 Å². The van der Waals surface area contributed by atoms with Crippen LogP contribution in [0.3, 0.4) is 0 Å². The Morgan fingerprint density at radius 2 is 1.80 bits per heavy atom. The highest BCUT2D eigenvalue weighted by Crippen LogP contribution is 2.27. The number of aliphatic carboxylic acids is 1. The number of anilines is 1. The van der Waals surface area contributed by atoms with Crippen LogP contribution in [0, 0.1) is 0 Å². The molecule has 2 N–H and O–H groups in total. The fraction of sp³-hybridized carbons (Fsp3) is 0.278. The molecule has 0 amide bonds. The molecule has 5 nitrogen and oxygen atoms in total. The van der Waals surface area contributed by atoms with E-state index in [9.17, 15) is 4.79 Å². The van der Waals surface area contributed by atoms with Gasteiger partial charge in [-0.1, -0.05) is 41.4 Å². The van der Waals surface area contributed by atoms with Crippen molar-refractivity contribution in [3.63, 3.8) is 0 Å². The molecule has 2 aromatic rings. The fourth-order valence-corrected chi connectivity index (χ4v) is 2.76. The van der Waals surface area contributed by atoms with Crippen molar-refractivity contribution < 1.29 is 14.6 Å². The van der Waals surface area contributed by atoms with Gasteiger partial charge in [-0.2, -0.15) is 0 Å². The van der Waals surface area contributed by atoms with Crippen molar-refractivity contribution >= 4 is 34.9 Å². The molecule has 0 saturated carbocycles. The van der Waals surface area contributed by atoms with E-state index in [1.807, 2.05) is 0 Å². The average Bonchev–Trinajstić information content (AvgIpc) is 2.63. The molecular weight excluding hydrogens is 363 g/mol. The van der Waals surface area contributed by atoms with Gasteiger partial charge in [0.1, 0.15) is 5.75 Å². The normalized spacial score (nSPS) is 13.6. The number of para-hydroxylation sites is 1. The molecule has 0 atom stereocenters. The summed E-state index contributed by atoms with van der Waals surface area (Å²) in [6.07, 6.45) is 0. The van der Waals surface area contributed by atoms with E-state index in [0.29, 0.717) is 15.8 Å².